The van der Waals surface area contributed by atoms with Crippen LogP contribution in [-0.2, 0) is 4.79 Å². The van der Waals surface area contributed by atoms with Crippen molar-refractivity contribution in [3.05, 3.63) is 53.6 Å². The number of para-hydroxylation sites is 1. The molecule has 0 aliphatic rings. The summed E-state index contributed by atoms with van der Waals surface area (Å²) in [5.41, 5.74) is 5.19. The fraction of sp³-hybridized carbons (Fsp3) is 0.250. The first-order chi connectivity index (χ1) is 13.5. The summed E-state index contributed by atoms with van der Waals surface area (Å²) in [6, 6.07) is 12.9. The van der Waals surface area contributed by atoms with Gasteiger partial charge in [-0.1, -0.05) is 23.8 Å². The molecule has 0 radical (unpaired) electrons. The highest BCUT2D eigenvalue weighted by molar-refractivity contribution is 7.80. The minimum atomic E-state index is -0.274. The van der Waals surface area contributed by atoms with Gasteiger partial charge in [-0.2, -0.15) is 5.10 Å². The van der Waals surface area contributed by atoms with E-state index < -0.39 is 0 Å². The van der Waals surface area contributed by atoms with Crippen LogP contribution in [0.2, 0.25) is 0 Å². The van der Waals surface area contributed by atoms with E-state index in [1.807, 2.05) is 44.2 Å². The maximum atomic E-state index is 12.2. The number of rotatable bonds is 8. The van der Waals surface area contributed by atoms with Crippen LogP contribution in [0.15, 0.2) is 47.6 Å². The van der Waals surface area contributed by atoms with Crippen molar-refractivity contribution in [2.45, 2.75) is 13.8 Å². The van der Waals surface area contributed by atoms with Gasteiger partial charge < -0.3 is 20.1 Å². The lowest BCUT2D eigenvalue weighted by atomic mass is 10.2. The second-order valence-electron chi connectivity index (χ2n) is 5.81. The van der Waals surface area contributed by atoms with Crippen molar-refractivity contribution in [1.82, 2.24) is 10.7 Å². The Morgan fingerprint density at radius 2 is 1.96 bits per heavy atom. The summed E-state index contributed by atoms with van der Waals surface area (Å²) in [4.78, 5) is 12.2. The topological polar surface area (TPSA) is 84.0 Å². The van der Waals surface area contributed by atoms with Crippen LogP contribution in [-0.4, -0.2) is 37.5 Å². The maximum Gasteiger partial charge on any atom is 0.262 e. The lowest BCUT2D eigenvalue weighted by Gasteiger charge is -2.13. The number of benzene rings is 2. The highest BCUT2D eigenvalue weighted by Gasteiger charge is 2.12. The van der Waals surface area contributed by atoms with E-state index in [1.165, 1.54) is 7.11 Å². The second-order valence-corrected chi connectivity index (χ2v) is 6.22. The van der Waals surface area contributed by atoms with E-state index in [1.54, 1.807) is 18.3 Å². The number of methoxy groups -OCH3 is 1. The quantitative estimate of drug-likeness (QED) is 0.359. The first-order valence-electron chi connectivity index (χ1n) is 8.76. The zero-order valence-electron chi connectivity index (χ0n) is 16.1. The lowest BCUT2D eigenvalue weighted by molar-refractivity contribution is -0.118. The molecule has 0 fully saturated rings. The first kappa shape index (κ1) is 21.2. The van der Waals surface area contributed by atoms with E-state index in [4.69, 9.17) is 21.7 Å². The van der Waals surface area contributed by atoms with Crippen molar-refractivity contribution in [3.63, 3.8) is 0 Å². The van der Waals surface area contributed by atoms with Crippen molar-refractivity contribution >= 4 is 35.1 Å². The Labute approximate surface area is 170 Å². The van der Waals surface area contributed by atoms with E-state index in [2.05, 4.69) is 21.2 Å². The number of anilines is 1. The Hall–Kier alpha value is -3.13. The van der Waals surface area contributed by atoms with Gasteiger partial charge >= 0.3 is 0 Å². The van der Waals surface area contributed by atoms with Crippen LogP contribution < -0.4 is 25.5 Å². The third-order valence-electron chi connectivity index (χ3n) is 3.62. The molecular formula is C20H24N4O3S. The number of carbonyl (C=O) groups is 1. The van der Waals surface area contributed by atoms with Gasteiger partial charge in [0.2, 0.25) is 0 Å². The number of hydrogen-bond acceptors (Lipinski definition) is 5. The van der Waals surface area contributed by atoms with E-state index in [9.17, 15) is 4.79 Å². The molecule has 148 valence electrons. The van der Waals surface area contributed by atoms with Crippen LogP contribution in [0.3, 0.4) is 0 Å². The van der Waals surface area contributed by atoms with Crippen molar-refractivity contribution in [1.29, 1.82) is 0 Å². The maximum absolute atomic E-state index is 12.2. The molecule has 28 heavy (non-hydrogen) atoms. The van der Waals surface area contributed by atoms with Gasteiger partial charge in [-0.15, -0.1) is 0 Å². The van der Waals surface area contributed by atoms with Gasteiger partial charge in [0.15, 0.2) is 23.2 Å². The smallest absolute Gasteiger partial charge is 0.262 e. The van der Waals surface area contributed by atoms with Crippen LogP contribution in [0, 0.1) is 6.92 Å². The third kappa shape index (κ3) is 6.55. The molecular weight excluding hydrogens is 376 g/mol. The minimum absolute atomic E-state index is 0.168. The molecule has 1 amide bonds. The van der Waals surface area contributed by atoms with E-state index >= 15 is 0 Å². The number of amides is 1. The SMILES string of the molecule is CCNC(=S)N/N=C\c1cccc(OC)c1OCC(=O)Nc1ccc(C)cc1. The van der Waals surface area contributed by atoms with E-state index in [0.29, 0.717) is 34.4 Å². The molecule has 0 aliphatic heterocycles. The molecule has 3 N–H and O–H groups in total. The van der Waals surface area contributed by atoms with E-state index in [-0.39, 0.29) is 12.5 Å². The van der Waals surface area contributed by atoms with Gasteiger partial charge in [-0.25, -0.2) is 0 Å². The van der Waals surface area contributed by atoms with Gasteiger partial charge in [0, 0.05) is 17.8 Å². The molecule has 0 saturated carbocycles. The Morgan fingerprint density at radius 3 is 2.64 bits per heavy atom. The Balaban J connectivity index is 2.04. The number of hydrazone groups is 1. The molecule has 0 saturated heterocycles. The third-order valence-corrected chi connectivity index (χ3v) is 3.85. The summed E-state index contributed by atoms with van der Waals surface area (Å²) in [5, 5.41) is 10.2. The molecule has 0 heterocycles. The molecule has 0 atom stereocenters. The van der Waals surface area contributed by atoms with Gasteiger partial charge in [0.1, 0.15) is 0 Å². The van der Waals surface area contributed by atoms with Gasteiger partial charge in [-0.05, 0) is 50.3 Å². The molecule has 0 aromatic heterocycles. The summed E-state index contributed by atoms with van der Waals surface area (Å²) in [6.07, 6.45) is 1.55. The van der Waals surface area contributed by atoms with Gasteiger partial charge in [0.05, 0.1) is 13.3 Å². The van der Waals surface area contributed by atoms with Crippen LogP contribution in [0.25, 0.3) is 0 Å². The summed E-state index contributed by atoms with van der Waals surface area (Å²) < 4.78 is 11.1. The highest BCUT2D eigenvalue weighted by atomic mass is 32.1. The number of thiocarbonyl (C=S) groups is 1. The number of ether oxygens (including phenoxy) is 2. The monoisotopic (exact) mass is 400 g/mol. The molecule has 2 aromatic carbocycles. The molecule has 0 bridgehead atoms. The summed E-state index contributed by atoms with van der Waals surface area (Å²) in [5.74, 6) is 0.648. The van der Waals surface area contributed by atoms with Crippen molar-refractivity contribution in [3.8, 4) is 11.5 Å². The van der Waals surface area contributed by atoms with Crippen molar-refractivity contribution in [2.24, 2.45) is 5.10 Å². The molecule has 0 aliphatic carbocycles. The Morgan fingerprint density at radius 1 is 1.21 bits per heavy atom. The predicted molar refractivity (Wildman–Crippen MR) is 115 cm³/mol. The minimum Gasteiger partial charge on any atom is -0.493 e. The zero-order chi connectivity index (χ0) is 20.4. The lowest BCUT2D eigenvalue weighted by Crippen LogP contribution is -2.31. The van der Waals surface area contributed by atoms with Crippen molar-refractivity contribution in [2.75, 3.05) is 25.6 Å². The van der Waals surface area contributed by atoms with Crippen LogP contribution in [0.5, 0.6) is 11.5 Å². The molecule has 7 nitrogen and oxygen atoms in total. The largest absolute Gasteiger partial charge is 0.493 e. The Kier molecular flexibility index (Phi) is 8.23. The van der Waals surface area contributed by atoms with Crippen LogP contribution in [0.4, 0.5) is 5.69 Å². The fourth-order valence-electron chi connectivity index (χ4n) is 2.28. The molecule has 0 spiro atoms. The number of nitrogens with one attached hydrogen (secondary N) is 3. The van der Waals surface area contributed by atoms with Gasteiger partial charge in [-0.3, -0.25) is 10.2 Å². The molecule has 0 unspecified atom stereocenters. The zero-order valence-corrected chi connectivity index (χ0v) is 16.9. The van der Waals surface area contributed by atoms with Crippen LogP contribution >= 0.6 is 12.2 Å². The fourth-order valence-corrected chi connectivity index (χ4v) is 2.48. The average molecular weight is 401 g/mol. The molecule has 2 aromatic rings. The second kappa shape index (κ2) is 10.9. The van der Waals surface area contributed by atoms with Crippen LogP contribution in [0.1, 0.15) is 18.1 Å². The van der Waals surface area contributed by atoms with E-state index in [0.717, 1.165) is 5.56 Å². The predicted octanol–water partition coefficient (Wildman–Crippen LogP) is 2.84. The first-order valence-corrected chi connectivity index (χ1v) is 9.17. The summed E-state index contributed by atoms with van der Waals surface area (Å²) in [7, 11) is 1.54. The number of nitrogens with zero attached hydrogens (tertiary/aromatic N) is 1. The highest BCUT2D eigenvalue weighted by Crippen LogP contribution is 2.30. The molecule has 2 rings (SSSR count). The number of aryl methyl sites for hydroxylation is 1. The number of carbonyl (C=O) groups excluding carboxylic acids is 1. The Bertz CT molecular complexity index is 838. The summed E-state index contributed by atoms with van der Waals surface area (Å²) in [6.45, 7) is 4.45. The average Bonchev–Trinajstić information content (AvgIpc) is 2.68. The number of hydrogen-bond donors (Lipinski definition) is 3. The summed E-state index contributed by atoms with van der Waals surface area (Å²) >= 11 is 5.06. The van der Waals surface area contributed by atoms with Gasteiger partial charge in [0.25, 0.3) is 5.91 Å². The van der Waals surface area contributed by atoms with Crippen molar-refractivity contribution < 1.29 is 14.3 Å². The molecule has 8 heteroatoms. The normalized spacial score (nSPS) is 10.4. The standard InChI is InChI=1S/C20H24N4O3S/c1-4-21-20(28)24-22-12-15-6-5-7-17(26-3)19(15)27-13-18(25)23-16-10-8-14(2)9-11-16/h5-12H,4,13H2,1-3H3,(H,23,25)(H2,21,24,28)/b22-12-.